The molecule has 2 saturated heterocycles. The molecule has 2 aliphatic rings. The lowest BCUT2D eigenvalue weighted by molar-refractivity contribution is -0.140. The fourth-order valence-corrected chi connectivity index (χ4v) is 3.37. The Hall–Kier alpha value is -2.18. The lowest BCUT2D eigenvalue weighted by Gasteiger charge is -2.35. The second-order valence-electron chi connectivity index (χ2n) is 7.91. The zero-order chi connectivity index (χ0) is 18.2. The summed E-state index contributed by atoms with van der Waals surface area (Å²) in [6.45, 7) is 9.61. The van der Waals surface area contributed by atoms with Crippen LogP contribution in [0.5, 0.6) is 0 Å². The van der Waals surface area contributed by atoms with E-state index in [9.17, 15) is 9.59 Å². The minimum Gasteiger partial charge on any atom is -0.447 e. The van der Waals surface area contributed by atoms with E-state index >= 15 is 0 Å². The first-order valence-corrected chi connectivity index (χ1v) is 8.84. The Labute approximate surface area is 148 Å². The molecule has 7 nitrogen and oxygen atoms in total. The Morgan fingerprint density at radius 1 is 1.24 bits per heavy atom. The van der Waals surface area contributed by atoms with Crippen LogP contribution in [0.3, 0.4) is 0 Å². The largest absolute Gasteiger partial charge is 0.447 e. The SMILES string of the molecule is C[C@H]1COC(=O)N1c1cncc(C2CCN(C(=O)C(C)(C)C)CC2)n1. The van der Waals surface area contributed by atoms with Crippen LogP contribution in [0.2, 0.25) is 0 Å². The topological polar surface area (TPSA) is 75.6 Å². The van der Waals surface area contributed by atoms with Crippen molar-refractivity contribution in [2.24, 2.45) is 5.41 Å². The van der Waals surface area contributed by atoms with E-state index in [1.165, 1.54) is 0 Å². The molecule has 0 unspecified atom stereocenters. The zero-order valence-electron chi connectivity index (χ0n) is 15.4. The Balaban J connectivity index is 1.69. The van der Waals surface area contributed by atoms with Crippen molar-refractivity contribution in [3.8, 4) is 0 Å². The highest BCUT2D eigenvalue weighted by Gasteiger charge is 2.34. The number of rotatable bonds is 2. The van der Waals surface area contributed by atoms with Gasteiger partial charge in [0.05, 0.1) is 17.9 Å². The lowest BCUT2D eigenvalue weighted by atomic mass is 9.90. The van der Waals surface area contributed by atoms with E-state index in [1.807, 2.05) is 32.6 Å². The van der Waals surface area contributed by atoms with E-state index in [0.717, 1.165) is 31.6 Å². The summed E-state index contributed by atoms with van der Waals surface area (Å²) in [5, 5.41) is 0. The summed E-state index contributed by atoms with van der Waals surface area (Å²) >= 11 is 0. The first kappa shape index (κ1) is 17.6. The molecule has 0 saturated carbocycles. The third kappa shape index (κ3) is 3.60. The van der Waals surface area contributed by atoms with Crippen LogP contribution in [0.25, 0.3) is 0 Å². The molecule has 0 aromatic carbocycles. The molecule has 0 aliphatic carbocycles. The van der Waals surface area contributed by atoms with Gasteiger partial charge in [0.25, 0.3) is 0 Å². The Morgan fingerprint density at radius 3 is 2.48 bits per heavy atom. The van der Waals surface area contributed by atoms with Crippen LogP contribution in [0.4, 0.5) is 10.6 Å². The van der Waals surface area contributed by atoms with Crippen LogP contribution in [-0.2, 0) is 9.53 Å². The maximum Gasteiger partial charge on any atom is 0.415 e. The van der Waals surface area contributed by atoms with E-state index in [0.29, 0.717) is 12.4 Å². The molecule has 3 rings (SSSR count). The highest BCUT2D eigenvalue weighted by Crippen LogP contribution is 2.30. The van der Waals surface area contributed by atoms with Crippen molar-refractivity contribution in [1.82, 2.24) is 14.9 Å². The van der Waals surface area contributed by atoms with Crippen molar-refractivity contribution in [3.05, 3.63) is 18.1 Å². The summed E-state index contributed by atoms with van der Waals surface area (Å²) in [6, 6.07) is -0.0386. The molecular formula is C18H26N4O3. The number of carbonyl (C=O) groups is 2. The van der Waals surface area contributed by atoms with Crippen LogP contribution in [0.15, 0.2) is 12.4 Å². The Morgan fingerprint density at radius 2 is 1.92 bits per heavy atom. The quantitative estimate of drug-likeness (QED) is 0.823. The van der Waals surface area contributed by atoms with E-state index in [2.05, 4.69) is 9.97 Å². The van der Waals surface area contributed by atoms with Gasteiger partial charge in [-0.05, 0) is 19.8 Å². The van der Waals surface area contributed by atoms with Crippen molar-refractivity contribution in [2.75, 3.05) is 24.6 Å². The maximum atomic E-state index is 12.4. The Bertz CT molecular complexity index is 663. The molecule has 0 radical (unpaired) electrons. The first-order valence-electron chi connectivity index (χ1n) is 8.84. The number of carbonyl (C=O) groups excluding carboxylic acids is 2. The van der Waals surface area contributed by atoms with Gasteiger partial charge >= 0.3 is 6.09 Å². The smallest absolute Gasteiger partial charge is 0.415 e. The number of amides is 2. The molecule has 2 amide bonds. The van der Waals surface area contributed by atoms with Crippen LogP contribution < -0.4 is 4.90 Å². The van der Waals surface area contributed by atoms with Crippen molar-refractivity contribution >= 4 is 17.8 Å². The van der Waals surface area contributed by atoms with Gasteiger partial charge in [0.2, 0.25) is 5.91 Å². The number of likely N-dealkylation sites (tertiary alicyclic amines) is 1. The monoisotopic (exact) mass is 346 g/mol. The normalized spacial score (nSPS) is 22.2. The molecule has 1 atom stereocenters. The van der Waals surface area contributed by atoms with Gasteiger partial charge in [-0.1, -0.05) is 20.8 Å². The predicted octanol–water partition coefficient (Wildman–Crippen LogP) is 2.57. The molecule has 0 spiro atoms. The number of nitrogens with zero attached hydrogens (tertiary/aromatic N) is 4. The summed E-state index contributed by atoms with van der Waals surface area (Å²) in [7, 11) is 0. The third-order valence-corrected chi connectivity index (χ3v) is 4.81. The highest BCUT2D eigenvalue weighted by atomic mass is 16.6. The molecular weight excluding hydrogens is 320 g/mol. The molecule has 1 aromatic rings. The number of piperidine rings is 1. The fourth-order valence-electron chi connectivity index (χ4n) is 3.37. The molecule has 0 N–H and O–H groups in total. The number of hydrogen-bond donors (Lipinski definition) is 0. The number of ether oxygens (including phenoxy) is 1. The summed E-state index contributed by atoms with van der Waals surface area (Å²) < 4.78 is 5.06. The molecule has 25 heavy (non-hydrogen) atoms. The molecule has 136 valence electrons. The number of hydrogen-bond acceptors (Lipinski definition) is 5. The molecule has 0 bridgehead atoms. The minimum atomic E-state index is -0.371. The van der Waals surface area contributed by atoms with Gasteiger partial charge < -0.3 is 9.64 Å². The summed E-state index contributed by atoms with van der Waals surface area (Å²) in [5.74, 6) is 0.991. The standard InChI is InChI=1S/C18H26N4O3/c1-12-11-25-17(24)22(12)15-10-19-9-14(20-15)13-5-7-21(8-6-13)16(23)18(2,3)4/h9-10,12-13H,5-8,11H2,1-4H3/t12-/m0/s1. The van der Waals surface area contributed by atoms with Gasteiger partial charge in [0.15, 0.2) is 5.82 Å². The lowest BCUT2D eigenvalue weighted by Crippen LogP contribution is -2.43. The summed E-state index contributed by atoms with van der Waals surface area (Å²) in [5.41, 5.74) is 0.533. The molecule has 7 heteroatoms. The van der Waals surface area contributed by atoms with Crippen molar-refractivity contribution in [1.29, 1.82) is 0 Å². The van der Waals surface area contributed by atoms with E-state index in [4.69, 9.17) is 4.74 Å². The van der Waals surface area contributed by atoms with E-state index < -0.39 is 0 Å². The number of cyclic esters (lactones) is 1. The zero-order valence-corrected chi connectivity index (χ0v) is 15.4. The predicted molar refractivity (Wildman–Crippen MR) is 93.3 cm³/mol. The fraction of sp³-hybridized carbons (Fsp3) is 0.667. The minimum absolute atomic E-state index is 0.0386. The third-order valence-electron chi connectivity index (χ3n) is 4.81. The number of anilines is 1. The summed E-state index contributed by atoms with van der Waals surface area (Å²) in [4.78, 5) is 36.7. The van der Waals surface area contributed by atoms with Gasteiger partial charge in [-0.3, -0.25) is 14.7 Å². The van der Waals surface area contributed by atoms with Crippen molar-refractivity contribution in [3.63, 3.8) is 0 Å². The van der Waals surface area contributed by atoms with Gasteiger partial charge in [0, 0.05) is 30.6 Å². The van der Waals surface area contributed by atoms with Gasteiger partial charge in [-0.15, -0.1) is 0 Å². The average Bonchev–Trinajstić information content (AvgIpc) is 2.92. The van der Waals surface area contributed by atoms with Gasteiger partial charge in [-0.2, -0.15) is 0 Å². The van der Waals surface area contributed by atoms with Crippen LogP contribution in [0.1, 0.15) is 52.1 Å². The molecule has 2 fully saturated rings. The molecule has 1 aromatic heterocycles. The van der Waals surface area contributed by atoms with Crippen molar-refractivity contribution in [2.45, 2.75) is 52.5 Å². The summed E-state index contributed by atoms with van der Waals surface area (Å²) in [6.07, 6.45) is 4.72. The van der Waals surface area contributed by atoms with Gasteiger partial charge in [0.1, 0.15) is 6.61 Å². The van der Waals surface area contributed by atoms with Crippen LogP contribution in [0, 0.1) is 5.41 Å². The Kier molecular flexibility index (Phi) is 4.67. The maximum absolute atomic E-state index is 12.4. The first-order chi connectivity index (χ1) is 11.8. The average molecular weight is 346 g/mol. The highest BCUT2D eigenvalue weighted by molar-refractivity contribution is 5.88. The number of aromatic nitrogens is 2. The second-order valence-corrected chi connectivity index (χ2v) is 7.91. The molecule has 2 aliphatic heterocycles. The van der Waals surface area contributed by atoms with E-state index in [1.54, 1.807) is 17.3 Å². The molecule has 3 heterocycles. The van der Waals surface area contributed by atoms with Crippen molar-refractivity contribution < 1.29 is 14.3 Å². The van der Waals surface area contributed by atoms with E-state index in [-0.39, 0.29) is 29.4 Å². The van der Waals surface area contributed by atoms with Crippen LogP contribution in [-0.4, -0.2) is 52.6 Å². The van der Waals surface area contributed by atoms with Crippen LogP contribution >= 0.6 is 0 Å². The van der Waals surface area contributed by atoms with Gasteiger partial charge in [-0.25, -0.2) is 9.78 Å². The second kappa shape index (κ2) is 6.61.